The van der Waals surface area contributed by atoms with E-state index in [-0.39, 0.29) is 13.2 Å². The molecule has 1 aromatic rings. The van der Waals surface area contributed by atoms with Gasteiger partial charge in [-0.15, -0.1) is 0 Å². The highest BCUT2D eigenvalue weighted by atomic mass is 33.1. The molecular formula is C19H33NO5S2. The van der Waals surface area contributed by atoms with E-state index in [9.17, 15) is 10.2 Å². The van der Waals surface area contributed by atoms with Crippen LogP contribution in [0.1, 0.15) is 18.1 Å². The smallest absolute Gasteiger partial charge is 0.0701 e. The summed E-state index contributed by atoms with van der Waals surface area (Å²) in [5, 5.41) is 19.5. The van der Waals surface area contributed by atoms with Crippen molar-refractivity contribution in [3.05, 3.63) is 29.3 Å². The number of hydrogen-bond acceptors (Lipinski definition) is 8. The summed E-state index contributed by atoms with van der Waals surface area (Å²) in [6.07, 6.45) is 2.08. The van der Waals surface area contributed by atoms with Crippen molar-refractivity contribution in [2.75, 3.05) is 64.4 Å². The third kappa shape index (κ3) is 10.6. The maximum Gasteiger partial charge on any atom is 0.0701 e. The lowest BCUT2D eigenvalue weighted by molar-refractivity contribution is 0.0265. The quantitative estimate of drug-likeness (QED) is 0.313. The van der Waals surface area contributed by atoms with Crippen LogP contribution in [-0.4, -0.2) is 75.0 Å². The number of benzene rings is 1. The molecule has 0 aliphatic rings. The number of nitrogens with zero attached hydrogens (tertiary/aromatic N) is 1. The van der Waals surface area contributed by atoms with Crippen molar-refractivity contribution < 1.29 is 24.4 Å². The van der Waals surface area contributed by atoms with E-state index in [1.165, 1.54) is 0 Å². The Morgan fingerprint density at radius 2 is 1.56 bits per heavy atom. The Labute approximate surface area is 171 Å². The summed E-state index contributed by atoms with van der Waals surface area (Å²) in [4.78, 5) is 2.25. The molecule has 1 atom stereocenters. The van der Waals surface area contributed by atoms with E-state index in [4.69, 9.17) is 14.2 Å². The van der Waals surface area contributed by atoms with E-state index < -0.39 is 0 Å². The van der Waals surface area contributed by atoms with Gasteiger partial charge in [-0.05, 0) is 29.5 Å². The number of anilines is 1. The second-order valence-electron chi connectivity index (χ2n) is 6.06. The zero-order valence-electron chi connectivity index (χ0n) is 16.6. The fraction of sp³-hybridized carbons (Fsp3) is 0.684. The summed E-state index contributed by atoms with van der Waals surface area (Å²) in [5.41, 5.74) is 2.61. The highest BCUT2D eigenvalue weighted by Gasteiger charge is 2.13. The van der Waals surface area contributed by atoms with Crippen LogP contribution >= 0.6 is 21.6 Å². The molecule has 6 nitrogen and oxygen atoms in total. The Morgan fingerprint density at radius 1 is 0.963 bits per heavy atom. The summed E-state index contributed by atoms with van der Waals surface area (Å²) in [6, 6.07) is 5.78. The minimum Gasteiger partial charge on any atom is -0.392 e. The molecule has 0 bridgehead atoms. The maximum absolute atomic E-state index is 9.51. The molecule has 0 aromatic heterocycles. The van der Waals surface area contributed by atoms with Gasteiger partial charge in [0.15, 0.2) is 0 Å². The lowest BCUT2D eigenvalue weighted by Crippen LogP contribution is -2.33. The molecule has 0 saturated heterocycles. The molecule has 0 heterocycles. The average Bonchev–Trinajstić information content (AvgIpc) is 2.68. The van der Waals surface area contributed by atoms with Gasteiger partial charge in [0.05, 0.1) is 46.2 Å². The Morgan fingerprint density at radius 3 is 2.11 bits per heavy atom. The van der Waals surface area contributed by atoms with Gasteiger partial charge in [-0.2, -0.15) is 0 Å². The summed E-state index contributed by atoms with van der Waals surface area (Å²) in [7, 11) is 5.24. The molecule has 0 aliphatic heterocycles. The molecule has 1 rings (SSSR count). The Kier molecular flexibility index (Phi) is 14.0. The van der Waals surface area contributed by atoms with Crippen molar-refractivity contribution in [3.63, 3.8) is 0 Å². The molecule has 0 fully saturated rings. The van der Waals surface area contributed by atoms with E-state index >= 15 is 0 Å². The minimum absolute atomic E-state index is 0.0426. The first-order valence-corrected chi connectivity index (χ1v) is 11.7. The summed E-state index contributed by atoms with van der Waals surface area (Å²) in [6.45, 7) is 6.56. The Hall–Kier alpha value is -0.480. The molecule has 0 radical (unpaired) electrons. The van der Waals surface area contributed by atoms with Gasteiger partial charge in [-0.3, -0.25) is 0 Å². The average molecular weight is 420 g/mol. The summed E-state index contributed by atoms with van der Waals surface area (Å²) >= 11 is 0. The number of methoxy groups -OCH3 is 1. The van der Waals surface area contributed by atoms with Crippen molar-refractivity contribution in [2.24, 2.45) is 0 Å². The molecule has 2 N–H and O–H groups in total. The number of ether oxygens (including phenoxy) is 3. The summed E-state index contributed by atoms with van der Waals surface area (Å²) < 4.78 is 16.0. The fourth-order valence-electron chi connectivity index (χ4n) is 2.58. The van der Waals surface area contributed by atoms with Crippen molar-refractivity contribution in [3.8, 4) is 0 Å². The van der Waals surface area contributed by atoms with Gasteiger partial charge in [0, 0.05) is 31.1 Å². The van der Waals surface area contributed by atoms with Gasteiger partial charge < -0.3 is 29.3 Å². The maximum atomic E-state index is 9.51. The molecule has 0 amide bonds. The number of aliphatic hydroxyl groups is 2. The standard InChI is InChI=1S/C19H33NO5S2/c1-16(27-26-3)13-20(4-5-24-8-9-25-7-6-23-2)19-11-17(14-21)10-18(12-19)15-22/h10-12,16,21-22H,4-9,13-15H2,1-3H3. The third-order valence-electron chi connectivity index (χ3n) is 3.81. The number of rotatable bonds is 16. The zero-order chi connectivity index (χ0) is 19.9. The SMILES string of the molecule is COCCOCCOCCN(CC(C)SSC)c1cc(CO)cc(CO)c1. The van der Waals surface area contributed by atoms with Crippen LogP contribution in [-0.2, 0) is 27.4 Å². The zero-order valence-corrected chi connectivity index (χ0v) is 18.2. The van der Waals surface area contributed by atoms with Crippen LogP contribution in [0.3, 0.4) is 0 Å². The van der Waals surface area contributed by atoms with Crippen molar-refractivity contribution in [1.29, 1.82) is 0 Å². The van der Waals surface area contributed by atoms with E-state index in [1.807, 2.05) is 29.0 Å². The second-order valence-corrected chi connectivity index (χ2v) is 8.97. The molecule has 156 valence electrons. The molecule has 0 aliphatic carbocycles. The van der Waals surface area contributed by atoms with Crippen molar-refractivity contribution in [1.82, 2.24) is 0 Å². The van der Waals surface area contributed by atoms with E-state index in [2.05, 4.69) is 18.1 Å². The van der Waals surface area contributed by atoms with Crippen LogP contribution in [0, 0.1) is 0 Å². The first kappa shape index (κ1) is 24.6. The monoisotopic (exact) mass is 419 g/mol. The van der Waals surface area contributed by atoms with E-state index in [0.29, 0.717) is 38.3 Å². The fourth-order valence-corrected chi connectivity index (χ4v) is 4.32. The molecule has 0 saturated carbocycles. The predicted molar refractivity (Wildman–Crippen MR) is 115 cm³/mol. The molecular weight excluding hydrogens is 386 g/mol. The molecule has 1 unspecified atom stereocenters. The lowest BCUT2D eigenvalue weighted by Gasteiger charge is -2.28. The Bertz CT molecular complexity index is 485. The molecule has 8 heteroatoms. The normalized spacial score (nSPS) is 12.3. The predicted octanol–water partition coefficient (Wildman–Crippen LogP) is 2.56. The first-order valence-electron chi connectivity index (χ1n) is 9.08. The lowest BCUT2D eigenvalue weighted by atomic mass is 10.1. The first-order chi connectivity index (χ1) is 13.1. The topological polar surface area (TPSA) is 71.4 Å². The largest absolute Gasteiger partial charge is 0.392 e. The van der Waals surface area contributed by atoms with Crippen LogP contribution in [0.25, 0.3) is 0 Å². The van der Waals surface area contributed by atoms with Gasteiger partial charge in [0.1, 0.15) is 0 Å². The number of aliphatic hydroxyl groups excluding tert-OH is 2. The second kappa shape index (κ2) is 15.4. The van der Waals surface area contributed by atoms with Crippen LogP contribution in [0.5, 0.6) is 0 Å². The Balaban J connectivity index is 2.62. The van der Waals surface area contributed by atoms with Gasteiger partial charge in [-0.25, -0.2) is 0 Å². The third-order valence-corrected chi connectivity index (χ3v) is 6.05. The van der Waals surface area contributed by atoms with E-state index in [0.717, 1.165) is 29.9 Å². The number of hydrogen-bond donors (Lipinski definition) is 2. The van der Waals surface area contributed by atoms with Gasteiger partial charge in [0.2, 0.25) is 0 Å². The van der Waals surface area contributed by atoms with Crippen molar-refractivity contribution >= 4 is 27.3 Å². The highest BCUT2D eigenvalue weighted by molar-refractivity contribution is 8.76. The van der Waals surface area contributed by atoms with Crippen LogP contribution < -0.4 is 4.90 Å². The highest BCUT2D eigenvalue weighted by Crippen LogP contribution is 2.27. The molecule has 27 heavy (non-hydrogen) atoms. The van der Waals surface area contributed by atoms with E-state index in [1.54, 1.807) is 17.9 Å². The van der Waals surface area contributed by atoms with Gasteiger partial charge in [0.25, 0.3) is 0 Å². The van der Waals surface area contributed by atoms with Gasteiger partial charge >= 0.3 is 0 Å². The minimum atomic E-state index is -0.0426. The van der Waals surface area contributed by atoms with Crippen molar-refractivity contribution in [2.45, 2.75) is 25.4 Å². The van der Waals surface area contributed by atoms with Crippen LogP contribution in [0.4, 0.5) is 5.69 Å². The van der Waals surface area contributed by atoms with Crippen LogP contribution in [0.15, 0.2) is 18.2 Å². The molecule has 1 aromatic carbocycles. The van der Waals surface area contributed by atoms with Gasteiger partial charge in [-0.1, -0.05) is 34.6 Å². The summed E-state index contributed by atoms with van der Waals surface area (Å²) in [5.74, 6) is 0. The van der Waals surface area contributed by atoms with Crippen LogP contribution in [0.2, 0.25) is 0 Å². The molecule has 0 spiro atoms.